The lowest BCUT2D eigenvalue weighted by Gasteiger charge is -2.13. The molecule has 0 aliphatic rings. The molecule has 0 radical (unpaired) electrons. The van der Waals surface area contributed by atoms with E-state index in [-0.39, 0.29) is 18.1 Å². The smallest absolute Gasteiger partial charge is 0.243 e. The number of amides is 2. The predicted molar refractivity (Wildman–Crippen MR) is 94.3 cm³/mol. The second-order valence-electron chi connectivity index (χ2n) is 4.90. The Kier molecular flexibility index (Phi) is 6.00. The zero-order valence-corrected chi connectivity index (χ0v) is 14.1. The van der Waals surface area contributed by atoms with Crippen LogP contribution in [0.3, 0.4) is 0 Å². The summed E-state index contributed by atoms with van der Waals surface area (Å²) in [6.07, 6.45) is 0. The summed E-state index contributed by atoms with van der Waals surface area (Å²) in [5.74, 6) is -1.33. The van der Waals surface area contributed by atoms with Crippen molar-refractivity contribution < 1.29 is 14.0 Å². The van der Waals surface area contributed by atoms with E-state index >= 15 is 0 Å². The van der Waals surface area contributed by atoms with Gasteiger partial charge in [-0.15, -0.1) is 0 Å². The van der Waals surface area contributed by atoms with Gasteiger partial charge in [0, 0.05) is 17.0 Å². The van der Waals surface area contributed by atoms with E-state index in [0.717, 1.165) is 6.07 Å². The predicted octanol–water partition coefficient (Wildman–Crippen LogP) is 4.14. The van der Waals surface area contributed by atoms with Gasteiger partial charge in [-0.1, -0.05) is 23.2 Å². The molecule has 0 aliphatic heterocycles. The monoisotopic (exact) mass is 369 g/mol. The van der Waals surface area contributed by atoms with Crippen molar-refractivity contribution in [3.63, 3.8) is 0 Å². The number of hydrogen-bond donors (Lipinski definition) is 3. The third-order valence-corrected chi connectivity index (χ3v) is 3.40. The molecule has 2 amide bonds. The minimum atomic E-state index is -0.588. The maximum atomic E-state index is 13.6. The highest BCUT2D eigenvalue weighted by atomic mass is 35.5. The number of carbonyl (C=O) groups is 2. The number of benzene rings is 2. The third kappa shape index (κ3) is 5.11. The lowest BCUT2D eigenvalue weighted by Crippen LogP contribution is -2.23. The average molecular weight is 370 g/mol. The van der Waals surface area contributed by atoms with Crippen molar-refractivity contribution in [3.8, 4) is 0 Å². The summed E-state index contributed by atoms with van der Waals surface area (Å²) < 4.78 is 13.6. The van der Waals surface area contributed by atoms with E-state index in [1.54, 1.807) is 18.2 Å². The van der Waals surface area contributed by atoms with Gasteiger partial charge in [0.1, 0.15) is 5.82 Å². The van der Waals surface area contributed by atoms with Gasteiger partial charge in [0.05, 0.1) is 23.6 Å². The summed E-state index contributed by atoms with van der Waals surface area (Å²) in [5.41, 5.74) is 0.940. The summed E-state index contributed by atoms with van der Waals surface area (Å²) in [6, 6.07) is 8.66. The molecule has 0 atom stereocenters. The number of rotatable bonds is 5. The number of nitrogens with one attached hydrogen (secondary N) is 3. The second kappa shape index (κ2) is 7.99. The van der Waals surface area contributed by atoms with Crippen LogP contribution in [-0.4, -0.2) is 18.4 Å². The van der Waals surface area contributed by atoms with Crippen LogP contribution >= 0.6 is 23.2 Å². The maximum Gasteiger partial charge on any atom is 0.243 e. The molecule has 2 rings (SSSR count). The summed E-state index contributed by atoms with van der Waals surface area (Å²) in [5, 5.41) is 8.63. The van der Waals surface area contributed by atoms with Gasteiger partial charge in [0.15, 0.2) is 0 Å². The lowest BCUT2D eigenvalue weighted by atomic mass is 10.2. The fourth-order valence-electron chi connectivity index (χ4n) is 1.92. The van der Waals surface area contributed by atoms with Crippen molar-refractivity contribution in [2.45, 2.75) is 6.92 Å². The van der Waals surface area contributed by atoms with E-state index in [1.807, 2.05) is 0 Å². The van der Waals surface area contributed by atoms with Gasteiger partial charge in [-0.2, -0.15) is 0 Å². The average Bonchev–Trinajstić information content (AvgIpc) is 2.51. The van der Waals surface area contributed by atoms with Crippen LogP contribution in [0.1, 0.15) is 6.92 Å². The molecule has 126 valence electrons. The van der Waals surface area contributed by atoms with Gasteiger partial charge in [0.25, 0.3) is 0 Å². The molecule has 8 heteroatoms. The van der Waals surface area contributed by atoms with E-state index in [2.05, 4.69) is 16.0 Å². The van der Waals surface area contributed by atoms with Crippen molar-refractivity contribution in [2.24, 2.45) is 0 Å². The molecule has 0 fully saturated rings. The van der Waals surface area contributed by atoms with Crippen LogP contribution in [-0.2, 0) is 9.59 Å². The summed E-state index contributed by atoms with van der Waals surface area (Å²) >= 11 is 11.7. The van der Waals surface area contributed by atoms with Gasteiger partial charge in [-0.25, -0.2) is 4.39 Å². The van der Waals surface area contributed by atoms with Crippen molar-refractivity contribution in [3.05, 3.63) is 52.3 Å². The van der Waals surface area contributed by atoms with Crippen LogP contribution in [0, 0.1) is 5.82 Å². The highest BCUT2D eigenvalue weighted by Gasteiger charge is 2.10. The minimum absolute atomic E-state index is 0.0116. The van der Waals surface area contributed by atoms with Gasteiger partial charge < -0.3 is 16.0 Å². The molecule has 0 unspecified atom stereocenters. The molecule has 2 aromatic carbocycles. The van der Waals surface area contributed by atoms with Crippen LogP contribution in [0.5, 0.6) is 0 Å². The molecule has 3 N–H and O–H groups in total. The Bertz CT molecular complexity index is 784. The van der Waals surface area contributed by atoms with E-state index in [0.29, 0.717) is 21.4 Å². The van der Waals surface area contributed by atoms with E-state index in [1.165, 1.54) is 19.1 Å². The quantitative estimate of drug-likeness (QED) is 0.741. The number of carbonyl (C=O) groups excluding carboxylic acids is 2. The first-order valence-corrected chi connectivity index (χ1v) is 7.66. The van der Waals surface area contributed by atoms with Gasteiger partial charge >= 0.3 is 0 Å². The van der Waals surface area contributed by atoms with E-state index < -0.39 is 11.7 Å². The zero-order chi connectivity index (χ0) is 17.7. The van der Waals surface area contributed by atoms with E-state index in [9.17, 15) is 14.0 Å². The number of halogens is 3. The van der Waals surface area contributed by atoms with Crippen molar-refractivity contribution in [1.82, 2.24) is 0 Å². The second-order valence-corrected chi connectivity index (χ2v) is 5.77. The first-order chi connectivity index (χ1) is 11.3. The molecule has 0 heterocycles. The molecule has 0 aromatic heterocycles. The fourth-order valence-corrected chi connectivity index (χ4v) is 2.27. The van der Waals surface area contributed by atoms with Gasteiger partial charge in [-0.3, -0.25) is 9.59 Å². The largest absolute Gasteiger partial charge is 0.374 e. The molecule has 0 saturated heterocycles. The molecule has 0 saturated carbocycles. The standard InChI is InChI=1S/C16H14Cl2FN3O2/c1-9(23)21-13-5-3-11(18)7-15(13)20-8-16(24)22-14-6-10(17)2-4-12(14)19/h2-7,20H,8H2,1H3,(H,21,23)(H,22,24). The van der Waals surface area contributed by atoms with Crippen LogP contribution in [0.15, 0.2) is 36.4 Å². The number of hydrogen-bond acceptors (Lipinski definition) is 3. The molecular weight excluding hydrogens is 356 g/mol. The molecule has 0 aliphatic carbocycles. The first-order valence-electron chi connectivity index (χ1n) is 6.91. The summed E-state index contributed by atoms with van der Waals surface area (Å²) in [7, 11) is 0. The van der Waals surface area contributed by atoms with Crippen LogP contribution < -0.4 is 16.0 Å². The molecule has 24 heavy (non-hydrogen) atoms. The summed E-state index contributed by atoms with van der Waals surface area (Å²) in [6.45, 7) is 1.21. The molecule has 0 bridgehead atoms. The van der Waals surface area contributed by atoms with Crippen LogP contribution in [0.4, 0.5) is 21.5 Å². The lowest BCUT2D eigenvalue weighted by molar-refractivity contribution is -0.115. The van der Waals surface area contributed by atoms with Crippen LogP contribution in [0.25, 0.3) is 0 Å². The third-order valence-electron chi connectivity index (χ3n) is 2.93. The molecule has 2 aromatic rings. The normalized spacial score (nSPS) is 10.2. The zero-order valence-electron chi connectivity index (χ0n) is 12.6. The molecular formula is C16H14Cl2FN3O2. The topological polar surface area (TPSA) is 70.2 Å². The van der Waals surface area contributed by atoms with Crippen molar-refractivity contribution in [2.75, 3.05) is 22.5 Å². The molecule has 5 nitrogen and oxygen atoms in total. The highest BCUT2D eigenvalue weighted by molar-refractivity contribution is 6.31. The van der Waals surface area contributed by atoms with Crippen LogP contribution in [0.2, 0.25) is 10.0 Å². The summed E-state index contributed by atoms with van der Waals surface area (Å²) in [4.78, 5) is 23.2. The first kappa shape index (κ1) is 18.0. The highest BCUT2D eigenvalue weighted by Crippen LogP contribution is 2.26. The van der Waals surface area contributed by atoms with Crippen molar-refractivity contribution in [1.29, 1.82) is 0 Å². The number of anilines is 3. The van der Waals surface area contributed by atoms with Gasteiger partial charge in [0.2, 0.25) is 11.8 Å². The Morgan fingerprint density at radius 2 is 1.58 bits per heavy atom. The van der Waals surface area contributed by atoms with Crippen molar-refractivity contribution >= 4 is 52.1 Å². The Hall–Kier alpha value is -2.31. The van der Waals surface area contributed by atoms with Gasteiger partial charge in [-0.05, 0) is 36.4 Å². The van der Waals surface area contributed by atoms with E-state index in [4.69, 9.17) is 23.2 Å². The Labute approximate surface area is 148 Å². The minimum Gasteiger partial charge on any atom is -0.374 e. The SMILES string of the molecule is CC(=O)Nc1ccc(Cl)cc1NCC(=O)Nc1cc(Cl)ccc1F. The Morgan fingerprint density at radius 1 is 0.958 bits per heavy atom. The Balaban J connectivity index is 2.05. The Morgan fingerprint density at radius 3 is 2.25 bits per heavy atom. The fraction of sp³-hybridized carbons (Fsp3) is 0.125. The molecule has 0 spiro atoms. The maximum absolute atomic E-state index is 13.6.